The highest BCUT2D eigenvalue weighted by molar-refractivity contribution is 5.88. The molecular weight excluding hydrogens is 174 g/mol. The van der Waals surface area contributed by atoms with Crippen LogP contribution < -0.4 is 0 Å². The average Bonchev–Trinajstić information content (AvgIpc) is 2.23. The number of nitroso groups, excluding NO2 is 1. The molecular formula is C12H11NO. The molecule has 0 aromatic heterocycles. The number of hydrogen-bond acceptors (Lipinski definition) is 2. The molecule has 0 aliphatic rings. The summed E-state index contributed by atoms with van der Waals surface area (Å²) >= 11 is 0. The minimum atomic E-state index is 0.487. The van der Waals surface area contributed by atoms with Crippen LogP contribution >= 0.6 is 0 Å². The summed E-state index contributed by atoms with van der Waals surface area (Å²) in [6, 6.07) is 9.60. The minimum Gasteiger partial charge on any atom is -0.145 e. The van der Waals surface area contributed by atoms with Crippen molar-refractivity contribution in [2.45, 2.75) is 13.8 Å². The van der Waals surface area contributed by atoms with E-state index in [-0.39, 0.29) is 0 Å². The molecule has 0 amide bonds. The van der Waals surface area contributed by atoms with Crippen LogP contribution in [0.5, 0.6) is 0 Å². The van der Waals surface area contributed by atoms with Crippen molar-refractivity contribution in [1.29, 1.82) is 0 Å². The molecule has 2 heteroatoms. The van der Waals surface area contributed by atoms with E-state index in [1.807, 2.05) is 18.2 Å². The van der Waals surface area contributed by atoms with Crippen LogP contribution in [-0.4, -0.2) is 0 Å². The van der Waals surface area contributed by atoms with Crippen molar-refractivity contribution < 1.29 is 0 Å². The molecule has 0 unspecified atom stereocenters. The van der Waals surface area contributed by atoms with E-state index in [0.717, 1.165) is 5.39 Å². The van der Waals surface area contributed by atoms with Crippen molar-refractivity contribution >= 4 is 16.5 Å². The molecule has 0 atom stereocenters. The van der Waals surface area contributed by atoms with E-state index in [1.54, 1.807) is 6.07 Å². The first-order valence-electron chi connectivity index (χ1n) is 4.55. The molecule has 70 valence electrons. The van der Waals surface area contributed by atoms with Crippen LogP contribution in [0.1, 0.15) is 11.1 Å². The van der Waals surface area contributed by atoms with Gasteiger partial charge in [0, 0.05) is 0 Å². The lowest BCUT2D eigenvalue weighted by molar-refractivity contribution is 1.38. The topological polar surface area (TPSA) is 29.4 Å². The summed E-state index contributed by atoms with van der Waals surface area (Å²) in [6.45, 7) is 4.17. The lowest BCUT2D eigenvalue weighted by atomic mass is 10.0. The second kappa shape index (κ2) is 3.22. The largest absolute Gasteiger partial charge is 0.145 e. The van der Waals surface area contributed by atoms with E-state index in [0.29, 0.717) is 5.69 Å². The number of rotatable bonds is 1. The van der Waals surface area contributed by atoms with Gasteiger partial charge in [-0.1, -0.05) is 18.2 Å². The molecule has 0 fully saturated rings. The quantitative estimate of drug-likeness (QED) is 0.620. The Hall–Kier alpha value is -1.70. The molecule has 0 spiro atoms. The van der Waals surface area contributed by atoms with Crippen LogP contribution in [0.3, 0.4) is 0 Å². The maximum atomic E-state index is 10.4. The van der Waals surface area contributed by atoms with Gasteiger partial charge in [0.1, 0.15) is 5.69 Å². The van der Waals surface area contributed by atoms with Gasteiger partial charge in [0.2, 0.25) is 0 Å². The zero-order chi connectivity index (χ0) is 10.1. The Labute approximate surface area is 82.5 Å². The van der Waals surface area contributed by atoms with Crippen LogP contribution in [0.2, 0.25) is 0 Å². The molecule has 0 aliphatic heterocycles. The van der Waals surface area contributed by atoms with Crippen molar-refractivity contribution in [3.8, 4) is 0 Å². The van der Waals surface area contributed by atoms with Gasteiger partial charge in [-0.05, 0) is 53.1 Å². The van der Waals surface area contributed by atoms with Crippen molar-refractivity contribution in [3.05, 3.63) is 46.4 Å². The van der Waals surface area contributed by atoms with Crippen molar-refractivity contribution in [2.24, 2.45) is 5.18 Å². The van der Waals surface area contributed by atoms with Crippen molar-refractivity contribution in [2.75, 3.05) is 0 Å². The molecule has 0 radical (unpaired) electrons. The number of benzene rings is 2. The molecule has 2 nitrogen and oxygen atoms in total. The maximum Gasteiger partial charge on any atom is 0.108 e. The molecule has 0 saturated heterocycles. The zero-order valence-corrected chi connectivity index (χ0v) is 8.24. The fourth-order valence-corrected chi connectivity index (χ4v) is 1.64. The molecule has 2 aromatic rings. The van der Waals surface area contributed by atoms with Crippen LogP contribution in [0.25, 0.3) is 10.8 Å². The number of fused-ring (bicyclic) bond motifs is 1. The standard InChI is InChI=1S/C12H11NO/c1-8-3-4-10-7-11(13-14)5-6-12(10)9(8)2/h3-7H,1-2H3. The van der Waals surface area contributed by atoms with Gasteiger partial charge >= 0.3 is 0 Å². The summed E-state index contributed by atoms with van der Waals surface area (Å²) in [6.07, 6.45) is 0. The third-order valence-corrected chi connectivity index (χ3v) is 2.65. The van der Waals surface area contributed by atoms with Gasteiger partial charge in [-0.15, -0.1) is 4.91 Å². The van der Waals surface area contributed by atoms with Gasteiger partial charge in [0.05, 0.1) is 0 Å². The van der Waals surface area contributed by atoms with E-state index in [2.05, 4.69) is 25.1 Å². The Bertz CT molecular complexity index is 503. The zero-order valence-electron chi connectivity index (χ0n) is 8.24. The Balaban J connectivity index is 2.81. The Morgan fingerprint density at radius 1 is 1.07 bits per heavy atom. The fourth-order valence-electron chi connectivity index (χ4n) is 1.64. The summed E-state index contributed by atoms with van der Waals surface area (Å²) < 4.78 is 0. The number of hydrogen-bond donors (Lipinski definition) is 0. The molecule has 2 aromatic carbocycles. The van der Waals surface area contributed by atoms with Crippen molar-refractivity contribution in [3.63, 3.8) is 0 Å². The monoisotopic (exact) mass is 185 g/mol. The Kier molecular flexibility index (Phi) is 2.04. The highest BCUT2D eigenvalue weighted by Crippen LogP contribution is 2.25. The van der Waals surface area contributed by atoms with E-state index >= 15 is 0 Å². The molecule has 14 heavy (non-hydrogen) atoms. The predicted octanol–water partition coefficient (Wildman–Crippen LogP) is 3.85. The number of nitrogens with zero attached hydrogens (tertiary/aromatic N) is 1. The Morgan fingerprint density at radius 2 is 1.86 bits per heavy atom. The first-order valence-corrected chi connectivity index (χ1v) is 4.55. The maximum absolute atomic E-state index is 10.4. The number of aryl methyl sites for hydroxylation is 2. The van der Waals surface area contributed by atoms with E-state index in [1.165, 1.54) is 16.5 Å². The van der Waals surface area contributed by atoms with Crippen LogP contribution in [0.4, 0.5) is 5.69 Å². The molecule has 0 saturated carbocycles. The van der Waals surface area contributed by atoms with E-state index in [9.17, 15) is 4.91 Å². The molecule has 0 aliphatic carbocycles. The van der Waals surface area contributed by atoms with Gasteiger partial charge in [-0.3, -0.25) is 0 Å². The SMILES string of the molecule is Cc1ccc2cc(N=O)ccc2c1C. The van der Waals surface area contributed by atoms with E-state index in [4.69, 9.17) is 0 Å². The third kappa shape index (κ3) is 1.29. The third-order valence-electron chi connectivity index (χ3n) is 2.65. The molecule has 0 bridgehead atoms. The summed E-state index contributed by atoms with van der Waals surface area (Å²) in [7, 11) is 0. The molecule has 0 N–H and O–H groups in total. The smallest absolute Gasteiger partial charge is 0.108 e. The minimum absolute atomic E-state index is 0.487. The van der Waals surface area contributed by atoms with Gasteiger partial charge in [0.15, 0.2) is 0 Å². The van der Waals surface area contributed by atoms with Crippen LogP contribution in [0, 0.1) is 18.8 Å². The lowest BCUT2D eigenvalue weighted by Crippen LogP contribution is -1.82. The van der Waals surface area contributed by atoms with Crippen LogP contribution in [-0.2, 0) is 0 Å². The predicted molar refractivity (Wildman–Crippen MR) is 58.9 cm³/mol. The Morgan fingerprint density at radius 3 is 2.57 bits per heavy atom. The van der Waals surface area contributed by atoms with Gasteiger partial charge in [0.25, 0.3) is 0 Å². The summed E-state index contributed by atoms with van der Waals surface area (Å²) in [5.41, 5.74) is 3.02. The fraction of sp³-hybridized carbons (Fsp3) is 0.167. The normalized spacial score (nSPS) is 10.4. The van der Waals surface area contributed by atoms with Crippen molar-refractivity contribution in [1.82, 2.24) is 0 Å². The second-order valence-corrected chi connectivity index (χ2v) is 3.50. The first kappa shape index (κ1) is 8.88. The molecule has 2 rings (SSSR count). The average molecular weight is 185 g/mol. The second-order valence-electron chi connectivity index (χ2n) is 3.50. The summed E-state index contributed by atoms with van der Waals surface area (Å²) in [5, 5.41) is 5.19. The molecule has 0 heterocycles. The van der Waals surface area contributed by atoms with Gasteiger partial charge in [-0.2, -0.15) is 0 Å². The highest BCUT2D eigenvalue weighted by atomic mass is 16.3. The van der Waals surface area contributed by atoms with Crippen LogP contribution in [0.15, 0.2) is 35.5 Å². The summed E-state index contributed by atoms with van der Waals surface area (Å²) in [5.74, 6) is 0. The lowest BCUT2D eigenvalue weighted by Gasteiger charge is -2.05. The van der Waals surface area contributed by atoms with Gasteiger partial charge in [-0.25, -0.2) is 0 Å². The van der Waals surface area contributed by atoms with E-state index < -0.39 is 0 Å². The highest BCUT2D eigenvalue weighted by Gasteiger charge is 2.01. The van der Waals surface area contributed by atoms with Gasteiger partial charge < -0.3 is 0 Å². The summed E-state index contributed by atoms with van der Waals surface area (Å²) in [4.78, 5) is 10.4. The first-order chi connectivity index (χ1) is 6.72.